The van der Waals surface area contributed by atoms with Crippen molar-refractivity contribution >= 4 is 11.8 Å². The van der Waals surface area contributed by atoms with Crippen LogP contribution in [0.3, 0.4) is 0 Å². The number of aliphatic hydroxyl groups is 3. The molecule has 0 radical (unpaired) electrons. The number of allylic oxidation sites excluding steroid dienone is 1. The van der Waals surface area contributed by atoms with E-state index in [9.17, 15) is 35.4 Å². The SMILES string of the molecule is CCCCCC1C=CC(CCCCCC(C(=O)O)C(O)CCC2(O)CC(Cc3ccnc(N)c3)CC2Cc2ccc(-c3cc(O)cc(O)c3Cc3ccc(C(C)C)cc3)[nH]2)C(O)C1. The number of nitrogen functional groups attached to an aromatic ring is 1. The minimum Gasteiger partial charge on any atom is -0.508 e. The largest absolute Gasteiger partial charge is 0.508 e. The van der Waals surface area contributed by atoms with Gasteiger partial charge in [0.25, 0.3) is 0 Å². The molecular weight excluding hydrogens is 791 g/mol. The van der Waals surface area contributed by atoms with Crippen LogP contribution in [0.2, 0.25) is 0 Å². The Morgan fingerprint density at radius 3 is 2.40 bits per heavy atom. The van der Waals surface area contributed by atoms with Crippen molar-refractivity contribution in [3.05, 3.63) is 107 Å². The number of carboxylic acids is 1. The Morgan fingerprint density at radius 2 is 1.68 bits per heavy atom. The van der Waals surface area contributed by atoms with E-state index < -0.39 is 23.6 Å². The molecule has 1 saturated carbocycles. The van der Waals surface area contributed by atoms with Crippen LogP contribution in [0, 0.1) is 29.6 Å². The van der Waals surface area contributed by atoms with Gasteiger partial charge in [-0.05, 0) is 135 Å². The highest BCUT2D eigenvalue weighted by Gasteiger charge is 2.46. The third-order valence-electron chi connectivity index (χ3n) is 14.2. The van der Waals surface area contributed by atoms with E-state index in [1.165, 1.54) is 30.9 Å². The van der Waals surface area contributed by atoms with Crippen molar-refractivity contribution in [2.45, 2.75) is 154 Å². The third-order valence-corrected chi connectivity index (χ3v) is 14.2. The molecule has 2 aromatic carbocycles. The minimum absolute atomic E-state index is 0.0138. The van der Waals surface area contributed by atoms with Crippen molar-refractivity contribution in [3.8, 4) is 22.8 Å². The van der Waals surface area contributed by atoms with Gasteiger partial charge in [-0.3, -0.25) is 4.79 Å². The number of phenols is 2. The maximum Gasteiger partial charge on any atom is 0.309 e. The van der Waals surface area contributed by atoms with Crippen molar-refractivity contribution < 1.29 is 35.4 Å². The highest BCUT2D eigenvalue weighted by molar-refractivity contribution is 5.71. The van der Waals surface area contributed by atoms with Gasteiger partial charge in [-0.1, -0.05) is 95.7 Å². The topological polar surface area (TPSA) is 193 Å². The first kappa shape index (κ1) is 47.8. The van der Waals surface area contributed by atoms with E-state index in [1.807, 2.05) is 24.3 Å². The van der Waals surface area contributed by atoms with Crippen molar-refractivity contribution in [1.82, 2.24) is 9.97 Å². The quantitative estimate of drug-likeness (QED) is 0.0265. The Labute approximate surface area is 374 Å². The summed E-state index contributed by atoms with van der Waals surface area (Å²) in [5.74, 6) is -0.586. The summed E-state index contributed by atoms with van der Waals surface area (Å²) in [5.41, 5.74) is 11.2. The fourth-order valence-corrected chi connectivity index (χ4v) is 10.5. The molecule has 9 N–H and O–H groups in total. The first-order valence-corrected chi connectivity index (χ1v) is 23.7. The Kier molecular flexibility index (Phi) is 16.9. The Hall–Kier alpha value is -4.64. The lowest BCUT2D eigenvalue weighted by Gasteiger charge is -2.32. The van der Waals surface area contributed by atoms with Gasteiger partial charge in [0.05, 0.1) is 23.7 Å². The first-order chi connectivity index (χ1) is 30.2. The number of pyridine rings is 1. The summed E-state index contributed by atoms with van der Waals surface area (Å²) >= 11 is 0. The number of H-pyrrole nitrogens is 1. The molecule has 6 rings (SSSR count). The van der Waals surface area contributed by atoms with Crippen LogP contribution < -0.4 is 5.73 Å². The van der Waals surface area contributed by atoms with Gasteiger partial charge in [0.1, 0.15) is 17.3 Å². The van der Waals surface area contributed by atoms with Gasteiger partial charge in [0.15, 0.2) is 0 Å². The number of hydrogen-bond acceptors (Lipinski definition) is 8. The van der Waals surface area contributed by atoms with E-state index >= 15 is 0 Å². The molecule has 0 spiro atoms. The molecule has 2 heterocycles. The molecule has 4 aromatic rings. The Bertz CT molecular complexity index is 2100. The number of aromatic nitrogens is 2. The van der Waals surface area contributed by atoms with Gasteiger partial charge in [-0.2, -0.15) is 0 Å². The number of benzene rings is 2. The second-order valence-corrected chi connectivity index (χ2v) is 19.4. The molecule has 2 aliphatic rings. The van der Waals surface area contributed by atoms with Crippen LogP contribution >= 0.6 is 0 Å². The standard InChI is InChI=1S/C53H73N3O7/c1-4-5-7-10-35-15-18-40(49(59)28-35)11-8-6-9-12-44(52(61)62)48(58)21-23-53(63)33-38(25-37-22-24-55-51(54)29-37)26-41(53)30-42-19-20-47(56-42)45-31-43(57)32-50(60)46(45)27-36-13-16-39(17-14-36)34(2)3/h13-20,22,24,29,31-32,34-35,38,40-41,44,48-49,56-60,63H,4-12,21,23,25-28,30,33H2,1-3H3,(H2,54,55)(H,61,62). The summed E-state index contributed by atoms with van der Waals surface area (Å²) in [6.45, 7) is 6.51. The van der Waals surface area contributed by atoms with E-state index in [0.29, 0.717) is 67.3 Å². The van der Waals surface area contributed by atoms with Crippen LogP contribution in [0.1, 0.15) is 145 Å². The van der Waals surface area contributed by atoms with Gasteiger partial charge in [-0.15, -0.1) is 0 Å². The molecule has 10 nitrogen and oxygen atoms in total. The Balaban J connectivity index is 1.10. The van der Waals surface area contributed by atoms with Crippen LogP contribution in [0.5, 0.6) is 11.5 Å². The van der Waals surface area contributed by atoms with Gasteiger partial charge < -0.3 is 41.4 Å². The number of hydrogen-bond donors (Lipinski definition) is 8. The second kappa shape index (κ2) is 22.3. The summed E-state index contributed by atoms with van der Waals surface area (Å²) in [4.78, 5) is 20.2. The zero-order valence-electron chi connectivity index (χ0n) is 37.8. The zero-order chi connectivity index (χ0) is 45.1. The van der Waals surface area contributed by atoms with E-state index in [4.69, 9.17) is 5.73 Å². The monoisotopic (exact) mass is 864 g/mol. The molecule has 63 heavy (non-hydrogen) atoms. The maximum absolute atomic E-state index is 12.5. The van der Waals surface area contributed by atoms with E-state index in [-0.39, 0.29) is 48.2 Å². The fourth-order valence-electron chi connectivity index (χ4n) is 10.5. The van der Waals surface area contributed by atoms with Gasteiger partial charge in [-0.25, -0.2) is 4.98 Å². The number of aliphatic hydroxyl groups excluding tert-OH is 2. The number of carboxylic acid groups (broad SMARTS) is 1. The van der Waals surface area contributed by atoms with Crippen molar-refractivity contribution in [1.29, 1.82) is 0 Å². The third kappa shape index (κ3) is 13.2. The number of nitrogens with two attached hydrogens (primary N) is 1. The lowest BCUT2D eigenvalue weighted by atomic mass is 9.80. The number of aromatic amines is 1. The molecule has 2 aromatic heterocycles. The number of aromatic hydroxyl groups is 2. The molecule has 2 aliphatic carbocycles. The lowest BCUT2D eigenvalue weighted by Crippen LogP contribution is -2.37. The average Bonchev–Trinajstić information content (AvgIpc) is 3.83. The average molecular weight is 864 g/mol. The smallest absolute Gasteiger partial charge is 0.309 e. The number of carbonyl (C=O) groups is 1. The Morgan fingerprint density at radius 1 is 0.905 bits per heavy atom. The van der Waals surface area contributed by atoms with Gasteiger partial charge in [0, 0.05) is 47.1 Å². The molecule has 8 unspecified atom stereocenters. The molecule has 1 fully saturated rings. The summed E-state index contributed by atoms with van der Waals surface area (Å²) in [6.07, 6.45) is 17.3. The number of aliphatic carboxylic acids is 1. The van der Waals surface area contributed by atoms with Crippen LogP contribution in [0.25, 0.3) is 11.3 Å². The number of phenolic OH excluding ortho intramolecular Hbond substituents is 2. The maximum atomic E-state index is 12.5. The molecule has 0 amide bonds. The molecule has 10 heteroatoms. The number of rotatable bonds is 23. The zero-order valence-corrected chi connectivity index (χ0v) is 37.8. The van der Waals surface area contributed by atoms with Crippen molar-refractivity contribution in [3.63, 3.8) is 0 Å². The lowest BCUT2D eigenvalue weighted by molar-refractivity contribution is -0.146. The van der Waals surface area contributed by atoms with Gasteiger partial charge in [0.2, 0.25) is 0 Å². The predicted molar refractivity (Wildman–Crippen MR) is 250 cm³/mol. The number of nitrogens with one attached hydrogen (secondary N) is 1. The molecule has 0 saturated heterocycles. The van der Waals surface area contributed by atoms with E-state index in [2.05, 4.69) is 67.2 Å². The molecule has 8 atom stereocenters. The highest BCUT2D eigenvalue weighted by atomic mass is 16.4. The van der Waals surface area contributed by atoms with E-state index in [0.717, 1.165) is 61.0 Å². The van der Waals surface area contributed by atoms with Crippen molar-refractivity contribution in [2.75, 3.05) is 5.73 Å². The summed E-state index contributed by atoms with van der Waals surface area (Å²) < 4.78 is 0. The second-order valence-electron chi connectivity index (χ2n) is 19.4. The van der Waals surface area contributed by atoms with Crippen LogP contribution in [0.4, 0.5) is 5.82 Å². The van der Waals surface area contributed by atoms with Crippen LogP contribution in [-0.2, 0) is 24.1 Å². The van der Waals surface area contributed by atoms with Gasteiger partial charge >= 0.3 is 5.97 Å². The summed E-state index contributed by atoms with van der Waals surface area (Å²) in [7, 11) is 0. The van der Waals surface area contributed by atoms with Crippen molar-refractivity contribution in [2.24, 2.45) is 29.6 Å². The fraction of sp³-hybridized carbons (Fsp3) is 0.547. The summed E-state index contributed by atoms with van der Waals surface area (Å²) in [5, 5.41) is 66.5. The molecule has 0 bridgehead atoms. The molecule has 342 valence electrons. The summed E-state index contributed by atoms with van der Waals surface area (Å²) in [6, 6.07) is 19.1. The van der Waals surface area contributed by atoms with Crippen LogP contribution in [-0.4, -0.2) is 64.4 Å². The predicted octanol–water partition coefficient (Wildman–Crippen LogP) is 10.3. The number of nitrogens with zero attached hydrogens (tertiary/aromatic N) is 1. The molecular formula is C53H73N3O7. The van der Waals surface area contributed by atoms with Crippen LogP contribution in [0.15, 0.2) is 79.0 Å². The number of anilines is 1. The normalized spacial score (nSPS) is 23.3. The number of unbranched alkanes of at least 4 members (excludes halogenated alkanes) is 4. The minimum atomic E-state index is -1.15. The molecule has 0 aliphatic heterocycles. The van der Waals surface area contributed by atoms with E-state index in [1.54, 1.807) is 12.3 Å². The first-order valence-electron chi connectivity index (χ1n) is 23.7. The highest BCUT2D eigenvalue weighted by Crippen LogP contribution is 2.46.